The smallest absolute Gasteiger partial charge is 0.234 e. The lowest BCUT2D eigenvalue weighted by atomic mass is 9.72. The highest BCUT2D eigenvalue weighted by molar-refractivity contribution is 6.01. The number of hydrogen-bond donors (Lipinski definition) is 1. The molecule has 2 saturated heterocycles. The fraction of sp³-hybridized carbons (Fsp3) is 0.529. The van der Waals surface area contributed by atoms with Gasteiger partial charge in [-0.15, -0.1) is 0 Å². The normalized spacial score (nSPS) is 30.0. The van der Waals surface area contributed by atoms with Crippen LogP contribution in [0.3, 0.4) is 0 Å². The van der Waals surface area contributed by atoms with Crippen molar-refractivity contribution in [3.8, 4) is 0 Å². The van der Waals surface area contributed by atoms with E-state index in [1.165, 1.54) is 5.56 Å². The van der Waals surface area contributed by atoms with Crippen LogP contribution in [0.1, 0.15) is 36.3 Å². The van der Waals surface area contributed by atoms with Gasteiger partial charge in [0.25, 0.3) is 0 Å². The molecular formula is C17H21NO3. The molecule has 4 heteroatoms. The predicted octanol–water partition coefficient (Wildman–Crippen LogP) is 2.17. The molecular weight excluding hydrogens is 266 g/mol. The molecule has 4 nitrogen and oxygen atoms in total. The van der Waals surface area contributed by atoms with Crippen molar-refractivity contribution in [3.05, 3.63) is 35.4 Å². The third-order valence-electron chi connectivity index (χ3n) is 4.63. The summed E-state index contributed by atoms with van der Waals surface area (Å²) in [7, 11) is 0. The molecule has 3 rings (SSSR count). The summed E-state index contributed by atoms with van der Waals surface area (Å²) < 4.78 is 5.57. The number of nitrogens with one attached hydrogen (secondary N) is 1. The van der Waals surface area contributed by atoms with Crippen molar-refractivity contribution in [2.24, 2.45) is 11.8 Å². The number of carbonyl (C=O) groups excluding carboxylic acids is 2. The molecule has 2 fully saturated rings. The first-order chi connectivity index (χ1) is 10.1. The molecule has 21 heavy (non-hydrogen) atoms. The lowest BCUT2D eigenvalue weighted by molar-refractivity contribution is -0.138. The highest BCUT2D eigenvalue weighted by Gasteiger charge is 2.41. The van der Waals surface area contributed by atoms with E-state index in [2.05, 4.69) is 5.32 Å². The summed E-state index contributed by atoms with van der Waals surface area (Å²) in [6.07, 6.45) is 2.46. The summed E-state index contributed by atoms with van der Waals surface area (Å²) in [4.78, 5) is 24.2. The summed E-state index contributed by atoms with van der Waals surface area (Å²) in [5.41, 5.74) is 2.17. The molecule has 0 radical (unpaired) electrons. The van der Waals surface area contributed by atoms with Crippen molar-refractivity contribution in [1.29, 1.82) is 0 Å². The summed E-state index contributed by atoms with van der Waals surface area (Å²) in [5.74, 6) is -0.214. The molecule has 2 heterocycles. The Morgan fingerprint density at radius 2 is 1.95 bits per heavy atom. The summed E-state index contributed by atoms with van der Waals surface area (Å²) in [6, 6.07) is 8.05. The zero-order valence-corrected chi connectivity index (χ0v) is 12.3. The van der Waals surface area contributed by atoms with Gasteiger partial charge in [0, 0.05) is 19.6 Å². The number of imide groups is 1. The minimum atomic E-state index is -0.241. The standard InChI is InChI=1S/C17H21NO3/c1-11-4-6-12(7-5-11)16-14(9-15(19)18-17(16)20)13-3-2-8-21-10-13/h4-7,13-14,16H,2-3,8-10H2,1H3,(H,18,19,20). The highest BCUT2D eigenvalue weighted by Crippen LogP contribution is 2.39. The fourth-order valence-electron chi connectivity index (χ4n) is 3.51. The summed E-state index contributed by atoms with van der Waals surface area (Å²) in [6.45, 7) is 3.48. The van der Waals surface area contributed by atoms with Crippen LogP contribution in [-0.4, -0.2) is 25.0 Å². The van der Waals surface area contributed by atoms with E-state index in [0.29, 0.717) is 18.9 Å². The van der Waals surface area contributed by atoms with E-state index in [9.17, 15) is 9.59 Å². The molecule has 112 valence electrons. The summed E-state index contributed by atoms with van der Waals surface area (Å²) >= 11 is 0. The molecule has 2 aliphatic rings. The Morgan fingerprint density at radius 1 is 1.19 bits per heavy atom. The Hall–Kier alpha value is -1.68. The Morgan fingerprint density at radius 3 is 2.62 bits per heavy atom. The topological polar surface area (TPSA) is 55.4 Å². The Balaban J connectivity index is 1.90. The van der Waals surface area contributed by atoms with Gasteiger partial charge in [-0.25, -0.2) is 0 Å². The van der Waals surface area contributed by atoms with Crippen molar-refractivity contribution in [3.63, 3.8) is 0 Å². The molecule has 1 aromatic carbocycles. The lowest BCUT2D eigenvalue weighted by Gasteiger charge is -2.37. The van der Waals surface area contributed by atoms with Crippen LogP contribution in [0.2, 0.25) is 0 Å². The molecule has 0 aromatic heterocycles. The Bertz CT molecular complexity index is 531. The van der Waals surface area contributed by atoms with Gasteiger partial charge in [0.1, 0.15) is 0 Å². The first-order valence-corrected chi connectivity index (χ1v) is 7.63. The largest absolute Gasteiger partial charge is 0.381 e. The highest BCUT2D eigenvalue weighted by atomic mass is 16.5. The third-order valence-corrected chi connectivity index (χ3v) is 4.63. The van der Waals surface area contributed by atoms with Gasteiger partial charge in [0.15, 0.2) is 0 Å². The van der Waals surface area contributed by atoms with Gasteiger partial charge in [0.05, 0.1) is 5.92 Å². The third kappa shape index (κ3) is 3.00. The average molecular weight is 287 g/mol. The van der Waals surface area contributed by atoms with Crippen LogP contribution in [0.5, 0.6) is 0 Å². The molecule has 1 N–H and O–H groups in total. The van der Waals surface area contributed by atoms with Crippen LogP contribution in [0.4, 0.5) is 0 Å². The molecule has 2 aliphatic heterocycles. The van der Waals surface area contributed by atoms with Crippen LogP contribution in [0, 0.1) is 18.8 Å². The predicted molar refractivity (Wildman–Crippen MR) is 78.7 cm³/mol. The van der Waals surface area contributed by atoms with Gasteiger partial charge in [-0.1, -0.05) is 29.8 Å². The van der Waals surface area contributed by atoms with Gasteiger partial charge in [-0.2, -0.15) is 0 Å². The number of ether oxygens (including phenoxy) is 1. The maximum Gasteiger partial charge on any atom is 0.234 e. The second-order valence-corrected chi connectivity index (χ2v) is 6.15. The second kappa shape index (κ2) is 5.98. The average Bonchev–Trinajstić information content (AvgIpc) is 2.49. The van der Waals surface area contributed by atoms with E-state index in [0.717, 1.165) is 25.0 Å². The second-order valence-electron chi connectivity index (χ2n) is 6.15. The van der Waals surface area contributed by atoms with Gasteiger partial charge in [-0.05, 0) is 37.2 Å². The minimum Gasteiger partial charge on any atom is -0.381 e. The van der Waals surface area contributed by atoms with E-state index >= 15 is 0 Å². The number of rotatable bonds is 2. The maximum absolute atomic E-state index is 12.4. The molecule has 2 amide bonds. The number of carbonyl (C=O) groups is 2. The quantitative estimate of drug-likeness (QED) is 0.848. The molecule has 0 bridgehead atoms. The van der Waals surface area contributed by atoms with E-state index in [4.69, 9.17) is 4.74 Å². The van der Waals surface area contributed by atoms with Crippen LogP contribution < -0.4 is 5.32 Å². The van der Waals surface area contributed by atoms with E-state index in [-0.39, 0.29) is 23.7 Å². The van der Waals surface area contributed by atoms with Crippen LogP contribution in [0.15, 0.2) is 24.3 Å². The molecule has 3 atom stereocenters. The van der Waals surface area contributed by atoms with Crippen molar-refractivity contribution < 1.29 is 14.3 Å². The lowest BCUT2D eigenvalue weighted by Crippen LogP contribution is -2.47. The number of piperidine rings is 1. The van der Waals surface area contributed by atoms with Gasteiger partial charge >= 0.3 is 0 Å². The number of benzene rings is 1. The van der Waals surface area contributed by atoms with Gasteiger partial charge < -0.3 is 4.74 Å². The Labute approximate surface area is 124 Å². The SMILES string of the molecule is Cc1ccc(C2C(=O)NC(=O)CC2C2CCCOC2)cc1. The number of amides is 2. The van der Waals surface area contributed by atoms with Crippen LogP contribution >= 0.6 is 0 Å². The van der Waals surface area contributed by atoms with E-state index in [1.807, 2.05) is 31.2 Å². The molecule has 0 saturated carbocycles. The van der Waals surface area contributed by atoms with Crippen molar-refractivity contribution in [2.45, 2.75) is 32.1 Å². The van der Waals surface area contributed by atoms with Crippen molar-refractivity contribution in [1.82, 2.24) is 5.32 Å². The number of aryl methyl sites for hydroxylation is 1. The molecule has 0 aliphatic carbocycles. The Kier molecular flexibility index (Phi) is 4.06. The molecule has 0 spiro atoms. The maximum atomic E-state index is 12.4. The molecule has 1 aromatic rings. The van der Waals surface area contributed by atoms with Gasteiger partial charge in [-0.3, -0.25) is 14.9 Å². The zero-order chi connectivity index (χ0) is 14.8. The monoisotopic (exact) mass is 287 g/mol. The van der Waals surface area contributed by atoms with E-state index in [1.54, 1.807) is 0 Å². The first-order valence-electron chi connectivity index (χ1n) is 7.63. The molecule has 3 unspecified atom stereocenters. The zero-order valence-electron chi connectivity index (χ0n) is 12.3. The van der Waals surface area contributed by atoms with Gasteiger partial charge in [0.2, 0.25) is 11.8 Å². The fourth-order valence-corrected chi connectivity index (χ4v) is 3.51. The van der Waals surface area contributed by atoms with Crippen LogP contribution in [-0.2, 0) is 14.3 Å². The van der Waals surface area contributed by atoms with Crippen LogP contribution in [0.25, 0.3) is 0 Å². The van der Waals surface area contributed by atoms with Crippen molar-refractivity contribution >= 4 is 11.8 Å². The van der Waals surface area contributed by atoms with Crippen molar-refractivity contribution in [2.75, 3.05) is 13.2 Å². The van der Waals surface area contributed by atoms with E-state index < -0.39 is 0 Å². The first kappa shape index (κ1) is 14.3. The minimum absolute atomic E-state index is 0.0502. The number of hydrogen-bond acceptors (Lipinski definition) is 3. The summed E-state index contributed by atoms with van der Waals surface area (Å²) in [5, 5.41) is 2.49.